The molecule has 1 N–H and O–H groups in total. The first kappa shape index (κ1) is 15.7. The minimum Gasteiger partial charge on any atom is -0.355 e. The maximum absolute atomic E-state index is 3.57. The van der Waals surface area contributed by atoms with E-state index in [2.05, 4.69) is 114 Å². The van der Waals surface area contributed by atoms with Crippen LogP contribution >= 0.6 is 0 Å². The summed E-state index contributed by atoms with van der Waals surface area (Å²) in [6.45, 7) is 2.13. The molecule has 0 aliphatic rings. The van der Waals surface area contributed by atoms with E-state index in [1.54, 1.807) is 0 Å². The number of aryl methyl sites for hydroxylation is 1. The highest BCUT2D eigenvalue weighted by molar-refractivity contribution is 6.10. The molecule has 1 aromatic heterocycles. The van der Waals surface area contributed by atoms with Crippen molar-refractivity contribution in [2.24, 2.45) is 0 Å². The maximum atomic E-state index is 3.57. The number of fused-ring (bicyclic) bond motifs is 3. The summed E-state index contributed by atoms with van der Waals surface area (Å²) in [6, 6.07) is 34.2. The first-order valence-electron chi connectivity index (χ1n) is 9.22. The average Bonchev–Trinajstić information content (AvgIpc) is 3.04. The van der Waals surface area contributed by atoms with Crippen molar-refractivity contribution in [1.29, 1.82) is 0 Å². The van der Waals surface area contributed by atoms with Crippen LogP contribution < -0.4 is 5.32 Å². The Morgan fingerprint density at radius 3 is 2.19 bits per heavy atom. The average molecular weight is 348 g/mol. The van der Waals surface area contributed by atoms with Gasteiger partial charge in [0.15, 0.2) is 0 Å². The van der Waals surface area contributed by atoms with Gasteiger partial charge < -0.3 is 9.88 Å². The Bertz CT molecular complexity index is 1250. The third kappa shape index (κ3) is 2.67. The van der Waals surface area contributed by atoms with E-state index in [1.165, 1.54) is 33.1 Å². The van der Waals surface area contributed by atoms with E-state index in [1.807, 2.05) is 0 Å². The predicted octanol–water partition coefficient (Wildman–Crippen LogP) is 6.84. The molecular weight excluding hydrogens is 328 g/mol. The lowest BCUT2D eigenvalue weighted by Gasteiger charge is -2.10. The largest absolute Gasteiger partial charge is 0.355 e. The van der Waals surface area contributed by atoms with Crippen LogP contribution in [0.15, 0.2) is 97.1 Å². The number of hydrogen-bond donors (Lipinski definition) is 1. The van der Waals surface area contributed by atoms with Crippen LogP contribution in [0.5, 0.6) is 0 Å². The molecule has 0 bridgehead atoms. The highest BCUT2D eigenvalue weighted by atomic mass is 15.0. The van der Waals surface area contributed by atoms with Crippen LogP contribution in [0.1, 0.15) is 5.56 Å². The molecule has 4 aromatic carbocycles. The predicted molar refractivity (Wildman–Crippen MR) is 115 cm³/mol. The summed E-state index contributed by atoms with van der Waals surface area (Å²) in [7, 11) is 0. The zero-order valence-corrected chi connectivity index (χ0v) is 15.2. The first-order valence-corrected chi connectivity index (χ1v) is 9.22. The third-order valence-electron chi connectivity index (χ3n) is 5.11. The number of hydrogen-bond acceptors (Lipinski definition) is 1. The van der Waals surface area contributed by atoms with Gasteiger partial charge in [-0.3, -0.25) is 0 Å². The summed E-state index contributed by atoms with van der Waals surface area (Å²) in [5.41, 5.74) is 7.12. The standard InChI is InChI=1S/C25H20N2/c1-18-9-5-7-13-23(18)26-19-15-16-25-22(17-19)21-12-6-8-14-24(21)27(25)20-10-3-2-4-11-20/h2-17,26H,1H3. The lowest BCUT2D eigenvalue weighted by Crippen LogP contribution is -1.94. The number of nitrogens with one attached hydrogen (secondary N) is 1. The summed E-state index contributed by atoms with van der Waals surface area (Å²) in [6.07, 6.45) is 0. The summed E-state index contributed by atoms with van der Waals surface area (Å²) in [4.78, 5) is 0. The van der Waals surface area contributed by atoms with Crippen molar-refractivity contribution in [3.05, 3.63) is 103 Å². The van der Waals surface area contributed by atoms with Crippen molar-refractivity contribution in [3.8, 4) is 5.69 Å². The molecule has 0 aliphatic heterocycles. The van der Waals surface area contributed by atoms with Crippen LogP contribution in [-0.4, -0.2) is 4.57 Å². The zero-order chi connectivity index (χ0) is 18.2. The second-order valence-corrected chi connectivity index (χ2v) is 6.86. The van der Waals surface area contributed by atoms with Crippen molar-refractivity contribution in [2.75, 3.05) is 5.32 Å². The smallest absolute Gasteiger partial charge is 0.0542 e. The van der Waals surface area contributed by atoms with Crippen LogP contribution in [0, 0.1) is 6.92 Å². The number of anilines is 2. The SMILES string of the molecule is Cc1ccccc1Nc1ccc2c(c1)c1ccccc1n2-c1ccccc1. The van der Waals surface area contributed by atoms with Crippen LogP contribution in [0.2, 0.25) is 0 Å². The van der Waals surface area contributed by atoms with Gasteiger partial charge in [-0.25, -0.2) is 0 Å². The Hall–Kier alpha value is -3.52. The van der Waals surface area contributed by atoms with Gasteiger partial charge in [-0.15, -0.1) is 0 Å². The Kier molecular flexibility index (Phi) is 3.68. The number of rotatable bonds is 3. The molecule has 1 heterocycles. The molecular formula is C25H20N2. The van der Waals surface area contributed by atoms with E-state index >= 15 is 0 Å². The molecule has 5 aromatic rings. The molecule has 0 amide bonds. The van der Waals surface area contributed by atoms with Crippen LogP contribution in [0.3, 0.4) is 0 Å². The second kappa shape index (κ2) is 6.33. The number of aromatic nitrogens is 1. The van der Waals surface area contributed by atoms with Crippen molar-refractivity contribution >= 4 is 33.2 Å². The molecule has 27 heavy (non-hydrogen) atoms. The van der Waals surface area contributed by atoms with Gasteiger partial charge in [0.2, 0.25) is 0 Å². The molecule has 2 heteroatoms. The fourth-order valence-electron chi connectivity index (χ4n) is 3.77. The first-order chi connectivity index (χ1) is 13.3. The number of nitrogens with zero attached hydrogens (tertiary/aromatic N) is 1. The highest BCUT2D eigenvalue weighted by Gasteiger charge is 2.12. The summed E-state index contributed by atoms with van der Waals surface area (Å²) >= 11 is 0. The Balaban J connectivity index is 1.72. The molecule has 2 nitrogen and oxygen atoms in total. The van der Waals surface area contributed by atoms with Gasteiger partial charge in [0.1, 0.15) is 0 Å². The van der Waals surface area contributed by atoms with E-state index in [0.29, 0.717) is 0 Å². The monoisotopic (exact) mass is 348 g/mol. The molecule has 0 fully saturated rings. The Morgan fingerprint density at radius 1 is 0.630 bits per heavy atom. The number of para-hydroxylation sites is 3. The van der Waals surface area contributed by atoms with Gasteiger partial charge in [0.05, 0.1) is 11.0 Å². The summed E-state index contributed by atoms with van der Waals surface area (Å²) < 4.78 is 2.34. The van der Waals surface area contributed by atoms with E-state index < -0.39 is 0 Å². The van der Waals surface area contributed by atoms with E-state index in [-0.39, 0.29) is 0 Å². The molecule has 0 spiro atoms. The molecule has 0 atom stereocenters. The van der Waals surface area contributed by atoms with E-state index in [4.69, 9.17) is 0 Å². The lowest BCUT2D eigenvalue weighted by molar-refractivity contribution is 1.18. The van der Waals surface area contributed by atoms with E-state index in [0.717, 1.165) is 11.4 Å². The Labute approximate surface area is 158 Å². The molecule has 0 saturated carbocycles. The molecule has 5 rings (SSSR count). The summed E-state index contributed by atoms with van der Waals surface area (Å²) in [5, 5.41) is 6.09. The lowest BCUT2D eigenvalue weighted by atomic mass is 10.1. The molecule has 130 valence electrons. The van der Waals surface area contributed by atoms with Crippen LogP contribution in [-0.2, 0) is 0 Å². The topological polar surface area (TPSA) is 17.0 Å². The van der Waals surface area contributed by atoms with Gasteiger partial charge in [0.25, 0.3) is 0 Å². The fourth-order valence-corrected chi connectivity index (χ4v) is 3.77. The molecule has 0 saturated heterocycles. The third-order valence-corrected chi connectivity index (χ3v) is 5.11. The molecule has 0 unspecified atom stereocenters. The van der Waals surface area contributed by atoms with Gasteiger partial charge >= 0.3 is 0 Å². The van der Waals surface area contributed by atoms with Gasteiger partial charge in [-0.05, 0) is 55.0 Å². The minimum absolute atomic E-state index is 1.10. The van der Waals surface area contributed by atoms with Crippen molar-refractivity contribution < 1.29 is 0 Å². The normalized spacial score (nSPS) is 11.1. The van der Waals surface area contributed by atoms with Gasteiger partial charge in [-0.2, -0.15) is 0 Å². The van der Waals surface area contributed by atoms with Crippen LogP contribution in [0.4, 0.5) is 11.4 Å². The number of benzene rings is 4. The second-order valence-electron chi connectivity index (χ2n) is 6.86. The van der Waals surface area contributed by atoms with Crippen molar-refractivity contribution in [2.45, 2.75) is 6.92 Å². The zero-order valence-electron chi connectivity index (χ0n) is 15.2. The van der Waals surface area contributed by atoms with Crippen molar-refractivity contribution in [1.82, 2.24) is 4.57 Å². The van der Waals surface area contributed by atoms with Crippen molar-refractivity contribution in [3.63, 3.8) is 0 Å². The minimum atomic E-state index is 1.10. The van der Waals surface area contributed by atoms with E-state index in [9.17, 15) is 0 Å². The maximum Gasteiger partial charge on any atom is 0.0542 e. The molecule has 0 radical (unpaired) electrons. The quantitative estimate of drug-likeness (QED) is 0.378. The van der Waals surface area contributed by atoms with Gasteiger partial charge in [0, 0.05) is 27.8 Å². The van der Waals surface area contributed by atoms with Crippen LogP contribution in [0.25, 0.3) is 27.5 Å². The Morgan fingerprint density at radius 2 is 1.33 bits per heavy atom. The molecule has 0 aliphatic carbocycles. The summed E-state index contributed by atoms with van der Waals surface area (Å²) in [5.74, 6) is 0. The van der Waals surface area contributed by atoms with Gasteiger partial charge in [-0.1, -0.05) is 54.6 Å². The highest BCUT2D eigenvalue weighted by Crippen LogP contribution is 2.34. The fraction of sp³-hybridized carbons (Fsp3) is 0.0400.